The van der Waals surface area contributed by atoms with Gasteiger partial charge in [0.25, 0.3) is 0 Å². The Hall–Kier alpha value is -1.85. The molecule has 2 unspecified atom stereocenters. The van der Waals surface area contributed by atoms with E-state index in [2.05, 4.69) is 11.9 Å². The zero-order chi connectivity index (χ0) is 14.4. The van der Waals surface area contributed by atoms with Crippen molar-refractivity contribution < 1.29 is 23.9 Å². The second-order valence-corrected chi connectivity index (χ2v) is 4.60. The van der Waals surface area contributed by atoms with Gasteiger partial charge < -0.3 is 14.8 Å². The summed E-state index contributed by atoms with van der Waals surface area (Å²) in [6, 6.07) is 0. The third-order valence-corrected chi connectivity index (χ3v) is 2.63. The van der Waals surface area contributed by atoms with Gasteiger partial charge in [-0.1, -0.05) is 6.58 Å². The Labute approximate surface area is 112 Å². The summed E-state index contributed by atoms with van der Waals surface area (Å²) in [6.45, 7) is 7.22. The number of hydrogen-bond acceptors (Lipinski definition) is 5. The molecule has 0 aromatic carbocycles. The number of carbonyl (C=O) groups excluding carboxylic acids is 3. The topological polar surface area (TPSA) is 81.7 Å². The highest BCUT2D eigenvalue weighted by molar-refractivity contribution is 5.92. The molecule has 0 radical (unpaired) electrons. The molecule has 6 nitrogen and oxygen atoms in total. The summed E-state index contributed by atoms with van der Waals surface area (Å²) >= 11 is 0. The number of esters is 2. The Balaban J connectivity index is 2.17. The fourth-order valence-electron chi connectivity index (χ4n) is 1.62. The molecule has 0 spiro atoms. The molecule has 19 heavy (non-hydrogen) atoms. The average molecular weight is 269 g/mol. The number of rotatable bonds is 6. The lowest BCUT2D eigenvalue weighted by Crippen LogP contribution is -2.26. The summed E-state index contributed by atoms with van der Waals surface area (Å²) in [4.78, 5) is 33.9. The second kappa shape index (κ2) is 6.92. The van der Waals surface area contributed by atoms with Crippen LogP contribution in [0.15, 0.2) is 12.2 Å². The predicted octanol–water partition coefficient (Wildman–Crippen LogP) is 0.706. The number of nitrogens with one attached hydrogen (secondary N) is 1. The Morgan fingerprint density at radius 2 is 2.21 bits per heavy atom. The van der Waals surface area contributed by atoms with E-state index in [9.17, 15) is 14.4 Å². The van der Waals surface area contributed by atoms with Gasteiger partial charge in [0.2, 0.25) is 12.0 Å². The first-order valence-electron chi connectivity index (χ1n) is 6.24. The van der Waals surface area contributed by atoms with E-state index >= 15 is 0 Å². The minimum absolute atomic E-state index is 0.147. The average Bonchev–Trinajstić information content (AvgIpc) is 2.63. The highest BCUT2D eigenvalue weighted by Gasteiger charge is 2.34. The van der Waals surface area contributed by atoms with E-state index in [4.69, 9.17) is 9.47 Å². The summed E-state index contributed by atoms with van der Waals surface area (Å²) in [5.41, 5.74) is 0.422. The van der Waals surface area contributed by atoms with Crippen molar-refractivity contribution in [3.63, 3.8) is 0 Å². The molecule has 1 heterocycles. The SMILES string of the molecule is C=C(C)C(=O)NCCCC(=O)OC1CC(C)OC1=O. The van der Waals surface area contributed by atoms with E-state index in [0.717, 1.165) is 0 Å². The largest absolute Gasteiger partial charge is 0.460 e. The third kappa shape index (κ3) is 5.11. The Kier molecular flexibility index (Phi) is 5.54. The molecular formula is C13H19NO5. The molecule has 0 aromatic heterocycles. The number of cyclic esters (lactones) is 1. The van der Waals surface area contributed by atoms with Gasteiger partial charge in [-0.25, -0.2) is 4.79 Å². The molecular weight excluding hydrogens is 250 g/mol. The van der Waals surface area contributed by atoms with E-state index in [1.54, 1.807) is 13.8 Å². The number of amides is 1. The quantitative estimate of drug-likeness (QED) is 0.436. The van der Waals surface area contributed by atoms with Crippen molar-refractivity contribution >= 4 is 17.8 Å². The smallest absolute Gasteiger partial charge is 0.347 e. The summed E-state index contributed by atoms with van der Waals surface area (Å²) < 4.78 is 9.88. The molecule has 0 aliphatic carbocycles. The fraction of sp³-hybridized carbons (Fsp3) is 0.615. The number of carbonyl (C=O) groups is 3. The third-order valence-electron chi connectivity index (χ3n) is 2.63. The zero-order valence-corrected chi connectivity index (χ0v) is 11.2. The lowest BCUT2D eigenvalue weighted by molar-refractivity contribution is -0.160. The highest BCUT2D eigenvalue weighted by atomic mass is 16.6. The maximum atomic E-state index is 11.5. The molecule has 1 rings (SSSR count). The van der Waals surface area contributed by atoms with Crippen LogP contribution in [0, 0.1) is 0 Å². The normalized spacial score (nSPS) is 21.7. The monoisotopic (exact) mass is 269 g/mol. The lowest BCUT2D eigenvalue weighted by Gasteiger charge is -2.08. The first-order valence-corrected chi connectivity index (χ1v) is 6.24. The van der Waals surface area contributed by atoms with Crippen LogP contribution in [-0.4, -0.2) is 36.6 Å². The van der Waals surface area contributed by atoms with Crippen LogP contribution in [0.4, 0.5) is 0 Å². The van der Waals surface area contributed by atoms with Crippen LogP contribution >= 0.6 is 0 Å². The van der Waals surface area contributed by atoms with Crippen molar-refractivity contribution in [2.24, 2.45) is 0 Å². The zero-order valence-electron chi connectivity index (χ0n) is 11.2. The van der Waals surface area contributed by atoms with Crippen LogP contribution < -0.4 is 5.32 Å². The molecule has 1 aliphatic heterocycles. The van der Waals surface area contributed by atoms with Crippen LogP contribution in [-0.2, 0) is 23.9 Å². The summed E-state index contributed by atoms with van der Waals surface area (Å²) in [5, 5.41) is 2.61. The second-order valence-electron chi connectivity index (χ2n) is 4.60. The van der Waals surface area contributed by atoms with Crippen molar-refractivity contribution in [3.05, 3.63) is 12.2 Å². The van der Waals surface area contributed by atoms with Crippen molar-refractivity contribution in [2.75, 3.05) is 6.54 Å². The van der Waals surface area contributed by atoms with E-state index in [-0.39, 0.29) is 18.4 Å². The van der Waals surface area contributed by atoms with Crippen LogP contribution in [0.25, 0.3) is 0 Å². The molecule has 0 bridgehead atoms. The van der Waals surface area contributed by atoms with Gasteiger partial charge in [-0.2, -0.15) is 0 Å². The van der Waals surface area contributed by atoms with Gasteiger partial charge in [0, 0.05) is 25.0 Å². The lowest BCUT2D eigenvalue weighted by atomic mass is 10.2. The first kappa shape index (κ1) is 15.2. The van der Waals surface area contributed by atoms with Crippen molar-refractivity contribution in [3.8, 4) is 0 Å². The van der Waals surface area contributed by atoms with Crippen molar-refractivity contribution in [1.82, 2.24) is 5.32 Å². The standard InChI is InChI=1S/C13H19NO5/c1-8(2)12(16)14-6-4-5-11(15)19-10-7-9(3)18-13(10)17/h9-10H,1,4-7H2,2-3H3,(H,14,16). The van der Waals surface area contributed by atoms with Crippen LogP contribution in [0.3, 0.4) is 0 Å². The van der Waals surface area contributed by atoms with Gasteiger partial charge in [-0.3, -0.25) is 9.59 Å². The predicted molar refractivity (Wildman–Crippen MR) is 67.1 cm³/mol. The van der Waals surface area contributed by atoms with E-state index in [1.807, 2.05) is 0 Å². The first-order chi connectivity index (χ1) is 8.90. The fourth-order valence-corrected chi connectivity index (χ4v) is 1.62. The molecule has 1 amide bonds. The van der Waals surface area contributed by atoms with Gasteiger partial charge in [0.05, 0.1) is 0 Å². The van der Waals surface area contributed by atoms with Gasteiger partial charge in [-0.05, 0) is 20.3 Å². The number of hydrogen-bond donors (Lipinski definition) is 1. The van der Waals surface area contributed by atoms with E-state index in [0.29, 0.717) is 25.0 Å². The maximum absolute atomic E-state index is 11.5. The molecule has 0 saturated carbocycles. The molecule has 0 aromatic rings. The van der Waals surface area contributed by atoms with E-state index < -0.39 is 18.0 Å². The van der Waals surface area contributed by atoms with Gasteiger partial charge in [-0.15, -0.1) is 0 Å². The Morgan fingerprint density at radius 1 is 1.53 bits per heavy atom. The maximum Gasteiger partial charge on any atom is 0.347 e. The molecule has 2 atom stereocenters. The van der Waals surface area contributed by atoms with Gasteiger partial charge in [0.1, 0.15) is 6.10 Å². The Bertz CT molecular complexity index is 390. The number of ether oxygens (including phenoxy) is 2. The molecule has 6 heteroatoms. The van der Waals surface area contributed by atoms with Crippen LogP contribution in [0.5, 0.6) is 0 Å². The van der Waals surface area contributed by atoms with Gasteiger partial charge in [0.15, 0.2) is 0 Å². The Morgan fingerprint density at radius 3 is 2.74 bits per heavy atom. The van der Waals surface area contributed by atoms with E-state index in [1.165, 1.54) is 0 Å². The minimum atomic E-state index is -0.785. The molecule has 1 aliphatic rings. The summed E-state index contributed by atoms with van der Waals surface area (Å²) in [7, 11) is 0. The molecule has 106 valence electrons. The molecule has 1 fully saturated rings. The summed E-state index contributed by atoms with van der Waals surface area (Å²) in [5.74, 6) is -1.18. The minimum Gasteiger partial charge on any atom is -0.460 e. The summed E-state index contributed by atoms with van der Waals surface area (Å²) in [6.07, 6.45) is 0.00787. The van der Waals surface area contributed by atoms with Crippen LogP contribution in [0.2, 0.25) is 0 Å². The van der Waals surface area contributed by atoms with Crippen molar-refractivity contribution in [1.29, 1.82) is 0 Å². The van der Waals surface area contributed by atoms with Crippen LogP contribution in [0.1, 0.15) is 33.1 Å². The molecule has 1 saturated heterocycles. The highest BCUT2D eigenvalue weighted by Crippen LogP contribution is 2.17. The molecule has 1 N–H and O–H groups in total. The van der Waals surface area contributed by atoms with Crippen molar-refractivity contribution in [2.45, 2.75) is 45.3 Å². The van der Waals surface area contributed by atoms with Gasteiger partial charge >= 0.3 is 11.9 Å².